The molecule has 0 spiro atoms. The van der Waals surface area contributed by atoms with Crippen molar-refractivity contribution >= 4 is 28.2 Å². The predicted molar refractivity (Wildman–Crippen MR) is 147 cm³/mol. The van der Waals surface area contributed by atoms with E-state index in [0.29, 0.717) is 12.6 Å². The lowest BCUT2D eigenvalue weighted by Gasteiger charge is -2.30. The van der Waals surface area contributed by atoms with Gasteiger partial charge in [-0.2, -0.15) is 5.10 Å². The maximum absolute atomic E-state index is 13.3. The van der Waals surface area contributed by atoms with Crippen LogP contribution in [0.4, 0.5) is 21.6 Å². The molecular weight excluding hydrogens is 465 g/mol. The van der Waals surface area contributed by atoms with E-state index in [1.807, 2.05) is 24.5 Å². The number of piperidine rings is 1. The first kappa shape index (κ1) is 23.2. The number of nitrogens with one attached hydrogen (secondary N) is 3. The van der Waals surface area contributed by atoms with E-state index in [9.17, 15) is 4.39 Å². The molecule has 3 heterocycles. The van der Waals surface area contributed by atoms with E-state index in [0.717, 1.165) is 58.1 Å². The van der Waals surface area contributed by atoms with Gasteiger partial charge in [-0.15, -0.1) is 0 Å². The van der Waals surface area contributed by atoms with Gasteiger partial charge in [0.2, 0.25) is 0 Å². The molecule has 8 heteroatoms. The average Bonchev–Trinajstić information content (AvgIpc) is 3.55. The highest BCUT2D eigenvalue weighted by Gasteiger charge is 2.16. The standard InChI is InChI=1S/C29H30FN7/c1-36-14-12-25(13-15-36)32-23-7-9-24(10-8-23)33-29-17-27(34-35-29)21-4-11-26-28(16-21)37(19-31-26)18-20-2-5-22(30)6-3-20/h2-11,16-17,19,25,32H,12-15,18H2,1H3,(H2,33,34,35). The fourth-order valence-corrected chi connectivity index (χ4v) is 4.86. The number of nitrogens with zero attached hydrogens (tertiary/aromatic N) is 4. The Kier molecular flexibility index (Phi) is 6.32. The normalized spacial score (nSPS) is 14.8. The van der Waals surface area contributed by atoms with Crippen LogP contribution < -0.4 is 10.6 Å². The van der Waals surface area contributed by atoms with Crippen LogP contribution in [0, 0.1) is 5.82 Å². The number of hydrogen-bond acceptors (Lipinski definition) is 5. The summed E-state index contributed by atoms with van der Waals surface area (Å²) in [6.07, 6.45) is 4.17. The molecule has 3 N–H and O–H groups in total. The Morgan fingerprint density at radius 2 is 1.70 bits per heavy atom. The van der Waals surface area contributed by atoms with E-state index in [-0.39, 0.29) is 5.82 Å². The number of fused-ring (bicyclic) bond motifs is 1. The fourth-order valence-electron chi connectivity index (χ4n) is 4.86. The van der Waals surface area contributed by atoms with E-state index in [1.165, 1.54) is 25.0 Å². The molecular formula is C29H30FN7. The summed E-state index contributed by atoms with van der Waals surface area (Å²) < 4.78 is 15.3. The molecule has 3 aromatic carbocycles. The summed E-state index contributed by atoms with van der Waals surface area (Å²) in [5, 5.41) is 14.6. The van der Waals surface area contributed by atoms with E-state index < -0.39 is 0 Å². The van der Waals surface area contributed by atoms with Crippen LogP contribution in [0.1, 0.15) is 18.4 Å². The van der Waals surface area contributed by atoms with Gasteiger partial charge >= 0.3 is 0 Å². The van der Waals surface area contributed by atoms with Gasteiger partial charge in [0.15, 0.2) is 5.82 Å². The van der Waals surface area contributed by atoms with Crippen molar-refractivity contribution in [3.8, 4) is 11.3 Å². The third kappa shape index (κ3) is 5.34. The number of imidazole rings is 1. The van der Waals surface area contributed by atoms with Gasteiger partial charge in [0.05, 0.1) is 23.1 Å². The van der Waals surface area contributed by atoms with E-state index in [4.69, 9.17) is 0 Å². The molecule has 1 saturated heterocycles. The number of likely N-dealkylation sites (tertiary alicyclic amines) is 1. The molecule has 2 aromatic heterocycles. The zero-order valence-corrected chi connectivity index (χ0v) is 20.8. The maximum Gasteiger partial charge on any atom is 0.152 e. The number of aromatic amines is 1. The summed E-state index contributed by atoms with van der Waals surface area (Å²) >= 11 is 0. The van der Waals surface area contributed by atoms with Crippen molar-refractivity contribution in [2.24, 2.45) is 0 Å². The maximum atomic E-state index is 13.3. The zero-order valence-electron chi connectivity index (χ0n) is 20.8. The van der Waals surface area contributed by atoms with Gasteiger partial charge in [-0.05, 0) is 87.1 Å². The molecule has 0 bridgehead atoms. The lowest BCUT2D eigenvalue weighted by Crippen LogP contribution is -2.36. The van der Waals surface area contributed by atoms with Gasteiger partial charge in [0.1, 0.15) is 5.82 Å². The van der Waals surface area contributed by atoms with Crippen molar-refractivity contribution in [2.45, 2.75) is 25.4 Å². The number of benzene rings is 3. The molecule has 0 saturated carbocycles. The van der Waals surface area contributed by atoms with Crippen LogP contribution in [-0.2, 0) is 6.54 Å². The minimum absolute atomic E-state index is 0.231. The molecule has 0 amide bonds. The first-order valence-corrected chi connectivity index (χ1v) is 12.7. The molecule has 188 valence electrons. The molecule has 1 fully saturated rings. The Hall–Kier alpha value is -4.17. The number of anilines is 3. The van der Waals surface area contributed by atoms with Crippen molar-refractivity contribution < 1.29 is 4.39 Å². The second-order valence-electron chi connectivity index (χ2n) is 9.79. The second kappa shape index (κ2) is 10.1. The fraction of sp³-hybridized carbons (Fsp3) is 0.241. The summed E-state index contributed by atoms with van der Waals surface area (Å²) in [7, 11) is 2.18. The molecule has 1 aliphatic heterocycles. The van der Waals surface area contributed by atoms with E-state index >= 15 is 0 Å². The van der Waals surface area contributed by atoms with E-state index in [1.54, 1.807) is 12.1 Å². The topological polar surface area (TPSA) is 73.8 Å². The van der Waals surface area contributed by atoms with Crippen LogP contribution in [0.5, 0.6) is 0 Å². The van der Waals surface area contributed by atoms with Crippen LogP contribution in [0.25, 0.3) is 22.3 Å². The van der Waals surface area contributed by atoms with Crippen LogP contribution >= 0.6 is 0 Å². The SMILES string of the molecule is CN1CCC(Nc2ccc(Nc3cc(-c4ccc5ncn(Cc6ccc(F)cc6)c5c4)[nH]n3)cc2)CC1. The Morgan fingerprint density at radius 3 is 2.49 bits per heavy atom. The van der Waals surface area contributed by atoms with Crippen molar-refractivity contribution in [2.75, 3.05) is 30.8 Å². The minimum Gasteiger partial charge on any atom is -0.382 e. The zero-order chi connectivity index (χ0) is 25.2. The third-order valence-electron chi connectivity index (χ3n) is 7.02. The molecule has 7 nitrogen and oxygen atoms in total. The van der Waals surface area contributed by atoms with Crippen molar-refractivity contribution in [3.05, 3.63) is 90.5 Å². The summed E-state index contributed by atoms with van der Waals surface area (Å²) in [6.45, 7) is 2.91. The van der Waals surface area contributed by atoms with Crippen LogP contribution in [-0.4, -0.2) is 50.8 Å². The number of hydrogen-bond donors (Lipinski definition) is 3. The lowest BCUT2D eigenvalue weighted by atomic mass is 10.1. The first-order chi connectivity index (χ1) is 18.1. The monoisotopic (exact) mass is 495 g/mol. The summed E-state index contributed by atoms with van der Waals surface area (Å²) in [6, 6.07) is 23.6. The highest BCUT2D eigenvalue weighted by Crippen LogP contribution is 2.27. The van der Waals surface area contributed by atoms with Gasteiger partial charge in [-0.25, -0.2) is 9.37 Å². The predicted octanol–water partition coefficient (Wildman–Crippen LogP) is 5.86. The highest BCUT2D eigenvalue weighted by atomic mass is 19.1. The van der Waals surface area contributed by atoms with Crippen LogP contribution in [0.15, 0.2) is 79.1 Å². The molecule has 1 aliphatic rings. The molecule has 5 aromatic rings. The van der Waals surface area contributed by atoms with Crippen molar-refractivity contribution in [3.63, 3.8) is 0 Å². The number of H-pyrrole nitrogens is 1. The molecule has 37 heavy (non-hydrogen) atoms. The number of rotatable bonds is 7. The third-order valence-corrected chi connectivity index (χ3v) is 7.02. The van der Waals surface area contributed by atoms with Gasteiger partial charge in [-0.3, -0.25) is 5.10 Å². The number of aromatic nitrogens is 4. The molecule has 0 aliphatic carbocycles. The molecule has 0 unspecified atom stereocenters. The van der Waals surface area contributed by atoms with Gasteiger partial charge < -0.3 is 20.1 Å². The molecule has 0 radical (unpaired) electrons. The first-order valence-electron chi connectivity index (χ1n) is 12.7. The summed E-state index contributed by atoms with van der Waals surface area (Å²) in [4.78, 5) is 6.90. The summed E-state index contributed by atoms with van der Waals surface area (Å²) in [5.41, 5.74) is 7.02. The quantitative estimate of drug-likeness (QED) is 0.264. The number of halogens is 1. The van der Waals surface area contributed by atoms with Gasteiger partial charge in [-0.1, -0.05) is 18.2 Å². The Labute approximate surface area is 215 Å². The minimum atomic E-state index is -0.231. The second-order valence-corrected chi connectivity index (χ2v) is 9.79. The van der Waals surface area contributed by atoms with Crippen LogP contribution in [0.2, 0.25) is 0 Å². The van der Waals surface area contributed by atoms with E-state index in [2.05, 4.69) is 72.7 Å². The Balaban J connectivity index is 1.13. The largest absolute Gasteiger partial charge is 0.382 e. The van der Waals surface area contributed by atoms with Crippen molar-refractivity contribution in [1.82, 2.24) is 24.6 Å². The van der Waals surface area contributed by atoms with Gasteiger partial charge in [0, 0.05) is 35.6 Å². The Morgan fingerprint density at radius 1 is 0.946 bits per heavy atom. The highest BCUT2D eigenvalue weighted by molar-refractivity contribution is 5.82. The van der Waals surface area contributed by atoms with Crippen LogP contribution in [0.3, 0.4) is 0 Å². The summed E-state index contributed by atoms with van der Waals surface area (Å²) in [5.74, 6) is 0.524. The molecule has 0 atom stereocenters. The van der Waals surface area contributed by atoms with Gasteiger partial charge in [0.25, 0.3) is 0 Å². The smallest absolute Gasteiger partial charge is 0.152 e. The lowest BCUT2D eigenvalue weighted by molar-refractivity contribution is 0.264. The molecule has 6 rings (SSSR count). The average molecular weight is 496 g/mol. The Bertz CT molecular complexity index is 1480. The van der Waals surface area contributed by atoms with Crippen molar-refractivity contribution in [1.29, 1.82) is 0 Å².